The molecule has 0 radical (unpaired) electrons. The molecule has 2 unspecified atom stereocenters. The third kappa shape index (κ3) is 3.31. The number of nitrogens with one attached hydrogen (secondary N) is 1. The molecule has 1 amide bonds. The van der Waals surface area contributed by atoms with E-state index in [0.717, 1.165) is 0 Å². The first-order valence-corrected chi connectivity index (χ1v) is 7.84. The fraction of sp³-hybridized carbons (Fsp3) is 0.167. The van der Waals surface area contributed by atoms with Crippen LogP contribution in [0.3, 0.4) is 0 Å². The lowest BCUT2D eigenvalue weighted by Gasteiger charge is -2.26. The summed E-state index contributed by atoms with van der Waals surface area (Å²) < 4.78 is 12.9. The number of fused-ring (bicyclic) bond motifs is 1. The van der Waals surface area contributed by atoms with Crippen molar-refractivity contribution < 1.29 is 23.9 Å². The number of amides is 1. The number of hydrogen-bond acceptors (Lipinski definition) is 4. The molecule has 0 saturated carbocycles. The molecular formula is C18H13ClFNO4. The number of rotatable bonds is 3. The van der Waals surface area contributed by atoms with Crippen LogP contribution in [0.25, 0.3) is 0 Å². The second kappa shape index (κ2) is 6.74. The number of carbonyl (C=O) groups is 3. The van der Waals surface area contributed by atoms with E-state index in [4.69, 9.17) is 11.6 Å². The van der Waals surface area contributed by atoms with E-state index in [1.807, 2.05) is 0 Å². The Labute approximate surface area is 147 Å². The van der Waals surface area contributed by atoms with E-state index in [0.29, 0.717) is 5.56 Å². The van der Waals surface area contributed by atoms with Crippen LogP contribution in [0.4, 0.5) is 4.39 Å². The summed E-state index contributed by atoms with van der Waals surface area (Å²) in [7, 11) is 0. The predicted octanol–water partition coefficient (Wildman–Crippen LogP) is 2.01. The van der Waals surface area contributed by atoms with Crippen LogP contribution in [0.2, 0.25) is 5.02 Å². The van der Waals surface area contributed by atoms with Crippen molar-refractivity contribution in [2.75, 3.05) is 0 Å². The number of hydrogen-bond donors (Lipinski definition) is 2. The maximum Gasteiger partial charge on any atom is 0.235 e. The van der Waals surface area contributed by atoms with Gasteiger partial charge in [0.05, 0.1) is 0 Å². The van der Waals surface area contributed by atoms with Gasteiger partial charge in [0, 0.05) is 17.1 Å². The Morgan fingerprint density at radius 1 is 1.16 bits per heavy atom. The van der Waals surface area contributed by atoms with E-state index in [2.05, 4.69) is 5.32 Å². The topological polar surface area (TPSA) is 83.5 Å². The Morgan fingerprint density at radius 3 is 2.52 bits per heavy atom. The van der Waals surface area contributed by atoms with E-state index >= 15 is 0 Å². The predicted molar refractivity (Wildman–Crippen MR) is 87.8 cm³/mol. The summed E-state index contributed by atoms with van der Waals surface area (Å²) in [5.41, 5.74) is 0.911. The summed E-state index contributed by atoms with van der Waals surface area (Å²) in [4.78, 5) is 36.8. The van der Waals surface area contributed by atoms with Gasteiger partial charge in [-0.1, -0.05) is 29.8 Å². The van der Waals surface area contributed by atoms with Crippen LogP contribution < -0.4 is 5.32 Å². The van der Waals surface area contributed by atoms with Gasteiger partial charge in [-0.3, -0.25) is 14.4 Å². The summed E-state index contributed by atoms with van der Waals surface area (Å²) in [6.45, 7) is 0.0792. The molecule has 1 aliphatic carbocycles. The average molecular weight is 362 g/mol. The van der Waals surface area contributed by atoms with Crippen LogP contribution in [0.5, 0.6) is 0 Å². The second-order valence-electron chi connectivity index (χ2n) is 5.68. The molecule has 0 bridgehead atoms. The SMILES string of the molecule is O=C1c2cc(Cl)ccc2C(C(=O)NCc2ccc(F)cc2)C(=O)C1O. The molecule has 25 heavy (non-hydrogen) atoms. The van der Waals surface area contributed by atoms with Crippen LogP contribution in [-0.4, -0.2) is 28.7 Å². The summed E-state index contributed by atoms with van der Waals surface area (Å²) >= 11 is 5.86. The number of halogens is 2. The molecule has 2 N–H and O–H groups in total. The smallest absolute Gasteiger partial charge is 0.235 e. The van der Waals surface area contributed by atoms with E-state index < -0.39 is 35.3 Å². The van der Waals surface area contributed by atoms with Crippen molar-refractivity contribution in [3.8, 4) is 0 Å². The van der Waals surface area contributed by atoms with Crippen molar-refractivity contribution in [1.82, 2.24) is 5.32 Å². The van der Waals surface area contributed by atoms with E-state index in [9.17, 15) is 23.9 Å². The highest BCUT2D eigenvalue weighted by molar-refractivity contribution is 6.32. The summed E-state index contributed by atoms with van der Waals surface area (Å²) in [5, 5.41) is 12.7. The third-order valence-electron chi connectivity index (χ3n) is 4.04. The maximum atomic E-state index is 12.9. The lowest BCUT2D eigenvalue weighted by atomic mass is 9.79. The van der Waals surface area contributed by atoms with Crippen LogP contribution >= 0.6 is 11.6 Å². The number of Topliss-reactive ketones (excluding diaryl/α,β-unsaturated/α-hetero) is 2. The second-order valence-corrected chi connectivity index (χ2v) is 6.11. The summed E-state index contributed by atoms with van der Waals surface area (Å²) in [6, 6.07) is 9.75. The number of ketones is 2. The number of aliphatic hydroxyl groups is 1. The molecule has 0 spiro atoms. The van der Waals surface area contributed by atoms with Gasteiger partial charge in [-0.05, 0) is 35.4 Å². The molecule has 2 aromatic carbocycles. The van der Waals surface area contributed by atoms with Gasteiger partial charge in [-0.25, -0.2) is 4.39 Å². The Bertz CT molecular complexity index is 866. The van der Waals surface area contributed by atoms with Crippen molar-refractivity contribution in [1.29, 1.82) is 0 Å². The van der Waals surface area contributed by atoms with Gasteiger partial charge in [-0.15, -0.1) is 0 Å². The third-order valence-corrected chi connectivity index (χ3v) is 4.27. The van der Waals surface area contributed by atoms with Gasteiger partial charge in [0.1, 0.15) is 11.7 Å². The van der Waals surface area contributed by atoms with Crippen molar-refractivity contribution in [3.05, 3.63) is 70.0 Å². The molecule has 3 rings (SSSR count). The quantitative estimate of drug-likeness (QED) is 0.819. The van der Waals surface area contributed by atoms with Crippen LogP contribution in [-0.2, 0) is 16.1 Å². The van der Waals surface area contributed by atoms with Gasteiger partial charge in [0.2, 0.25) is 5.91 Å². The molecule has 0 saturated heterocycles. The molecular weight excluding hydrogens is 349 g/mol. The maximum absolute atomic E-state index is 12.9. The zero-order chi connectivity index (χ0) is 18.1. The van der Waals surface area contributed by atoms with E-state index in [1.165, 1.54) is 42.5 Å². The standard InChI is InChI=1S/C18H13ClFNO4/c19-10-3-6-12-13(7-10)15(22)17(24)16(23)14(12)18(25)21-8-9-1-4-11(20)5-2-9/h1-7,14,17,24H,8H2,(H,21,25). The highest BCUT2D eigenvalue weighted by Crippen LogP contribution is 2.31. The minimum Gasteiger partial charge on any atom is -0.377 e. The average Bonchev–Trinajstić information content (AvgIpc) is 2.60. The minimum absolute atomic E-state index is 0.0570. The van der Waals surface area contributed by atoms with Crippen molar-refractivity contribution in [2.45, 2.75) is 18.6 Å². The zero-order valence-corrected chi connectivity index (χ0v) is 13.6. The van der Waals surface area contributed by atoms with Crippen LogP contribution in [0.15, 0.2) is 42.5 Å². The van der Waals surface area contributed by atoms with Crippen LogP contribution in [0, 0.1) is 5.82 Å². The van der Waals surface area contributed by atoms with Gasteiger partial charge < -0.3 is 10.4 Å². The summed E-state index contributed by atoms with van der Waals surface area (Å²) in [6.07, 6.45) is -1.90. The first kappa shape index (κ1) is 17.3. The van der Waals surface area contributed by atoms with Gasteiger partial charge in [-0.2, -0.15) is 0 Å². The molecule has 2 atom stereocenters. The monoisotopic (exact) mass is 361 g/mol. The minimum atomic E-state index is -1.90. The number of aliphatic hydroxyl groups excluding tert-OH is 1. The first-order chi connectivity index (χ1) is 11.9. The van der Waals surface area contributed by atoms with Crippen molar-refractivity contribution in [2.24, 2.45) is 0 Å². The highest BCUT2D eigenvalue weighted by Gasteiger charge is 2.43. The van der Waals surface area contributed by atoms with Crippen molar-refractivity contribution >= 4 is 29.1 Å². The van der Waals surface area contributed by atoms with Gasteiger partial charge >= 0.3 is 0 Å². The Kier molecular flexibility index (Phi) is 4.65. The fourth-order valence-electron chi connectivity index (χ4n) is 2.75. The first-order valence-electron chi connectivity index (χ1n) is 7.46. The normalized spacial score (nSPS) is 19.5. The molecule has 0 fully saturated rings. The lowest BCUT2D eigenvalue weighted by molar-refractivity contribution is -0.134. The molecule has 5 nitrogen and oxygen atoms in total. The van der Waals surface area contributed by atoms with E-state index in [1.54, 1.807) is 0 Å². The Balaban J connectivity index is 1.86. The Morgan fingerprint density at radius 2 is 1.84 bits per heavy atom. The fourth-order valence-corrected chi connectivity index (χ4v) is 2.92. The largest absolute Gasteiger partial charge is 0.377 e. The lowest BCUT2D eigenvalue weighted by Crippen LogP contribution is -2.45. The molecule has 7 heteroatoms. The number of benzene rings is 2. The van der Waals surface area contributed by atoms with Crippen LogP contribution in [0.1, 0.15) is 27.4 Å². The molecule has 1 aliphatic rings. The molecule has 0 aliphatic heterocycles. The van der Waals surface area contributed by atoms with Gasteiger partial charge in [0.15, 0.2) is 17.7 Å². The molecule has 2 aromatic rings. The molecule has 128 valence electrons. The molecule has 0 aromatic heterocycles. The molecule has 0 heterocycles. The summed E-state index contributed by atoms with van der Waals surface area (Å²) in [5.74, 6) is -4.00. The Hall–Kier alpha value is -2.57. The number of carbonyl (C=O) groups excluding carboxylic acids is 3. The van der Waals surface area contributed by atoms with Crippen molar-refractivity contribution in [3.63, 3.8) is 0 Å². The zero-order valence-electron chi connectivity index (χ0n) is 12.8. The van der Waals surface area contributed by atoms with E-state index in [-0.39, 0.29) is 22.7 Å². The highest BCUT2D eigenvalue weighted by atomic mass is 35.5. The van der Waals surface area contributed by atoms with Gasteiger partial charge in [0.25, 0.3) is 0 Å².